The van der Waals surface area contributed by atoms with Crippen molar-refractivity contribution in [2.45, 2.75) is 38.1 Å². The molecule has 1 aromatic carbocycles. The van der Waals surface area contributed by atoms with Gasteiger partial charge in [0.05, 0.1) is 0 Å². The Hall–Kier alpha value is -1.02. The van der Waals surface area contributed by atoms with Crippen molar-refractivity contribution in [3.05, 3.63) is 34.9 Å². The summed E-state index contributed by atoms with van der Waals surface area (Å²) in [5, 5.41) is 7.55. The second-order valence-electron chi connectivity index (χ2n) is 6.35. The monoisotopic (exact) mass is 478 g/mol. The average Bonchev–Trinajstić information content (AvgIpc) is 3.06. The van der Waals surface area contributed by atoms with Crippen LogP contribution in [0.4, 0.5) is 0 Å². The number of amides is 1. The van der Waals surface area contributed by atoms with Crippen molar-refractivity contribution in [1.82, 2.24) is 15.5 Å². The number of hydrogen-bond acceptors (Lipinski definition) is 2. The Bertz CT molecular complexity index is 574. The molecular weight excluding hydrogens is 451 g/mol. The fourth-order valence-electron chi connectivity index (χ4n) is 2.72. The predicted octanol–water partition coefficient (Wildman–Crippen LogP) is 3.07. The molecule has 2 N–H and O–H groups in total. The van der Waals surface area contributed by atoms with E-state index in [4.69, 9.17) is 11.6 Å². The fraction of sp³-hybridized carbons (Fsp3) is 0.556. The Kier molecular flexibility index (Phi) is 10.2. The highest BCUT2D eigenvalue weighted by atomic mass is 127. The summed E-state index contributed by atoms with van der Waals surface area (Å²) in [6.45, 7) is 0.875. The van der Waals surface area contributed by atoms with Crippen LogP contribution in [0.2, 0.25) is 5.02 Å². The van der Waals surface area contributed by atoms with Gasteiger partial charge in [0, 0.05) is 31.7 Å². The van der Waals surface area contributed by atoms with Gasteiger partial charge in [-0.3, -0.25) is 4.79 Å². The van der Waals surface area contributed by atoms with Crippen molar-refractivity contribution < 1.29 is 4.79 Å². The number of carbonyl (C=O) groups excluding carboxylic acids is 1. The van der Waals surface area contributed by atoms with Crippen molar-refractivity contribution in [3.63, 3.8) is 0 Å². The quantitative estimate of drug-likeness (QED) is 0.375. The summed E-state index contributed by atoms with van der Waals surface area (Å²) in [5.41, 5.74) is 1.11. The molecule has 0 atom stereocenters. The van der Waals surface area contributed by atoms with Gasteiger partial charge in [0.25, 0.3) is 0 Å². The van der Waals surface area contributed by atoms with Crippen molar-refractivity contribution in [3.8, 4) is 0 Å². The Labute approximate surface area is 172 Å². The van der Waals surface area contributed by atoms with Gasteiger partial charge < -0.3 is 15.5 Å². The van der Waals surface area contributed by atoms with E-state index in [1.807, 2.05) is 24.3 Å². The van der Waals surface area contributed by atoms with Gasteiger partial charge in [-0.1, -0.05) is 42.6 Å². The summed E-state index contributed by atoms with van der Waals surface area (Å²) >= 11 is 6.19. The largest absolute Gasteiger partial charge is 0.356 e. The molecule has 1 aromatic rings. The standard InChI is InChI=1S/C18H27ClN4O.HI/c1-23(2)17(24)13-21-18(22-15-8-4-5-9-15)20-12-11-14-7-3-6-10-16(14)19;/h3,6-7,10,15H,4-5,8-9,11-13H2,1-2H3,(H2,20,21,22);1H. The lowest BCUT2D eigenvalue weighted by molar-refractivity contribution is -0.127. The van der Waals surface area contributed by atoms with E-state index in [-0.39, 0.29) is 36.4 Å². The maximum atomic E-state index is 11.8. The van der Waals surface area contributed by atoms with Gasteiger partial charge in [-0.05, 0) is 30.9 Å². The topological polar surface area (TPSA) is 56.7 Å². The zero-order valence-electron chi connectivity index (χ0n) is 14.9. The zero-order chi connectivity index (χ0) is 17.4. The number of aliphatic imine (C=N–C) groups is 1. The van der Waals surface area contributed by atoms with Gasteiger partial charge in [-0.15, -0.1) is 24.0 Å². The van der Waals surface area contributed by atoms with Crippen LogP contribution in [0.15, 0.2) is 29.3 Å². The zero-order valence-corrected chi connectivity index (χ0v) is 18.0. The van der Waals surface area contributed by atoms with E-state index in [9.17, 15) is 4.79 Å². The highest BCUT2D eigenvalue weighted by Gasteiger charge is 2.16. The van der Waals surface area contributed by atoms with Crippen LogP contribution in [0.25, 0.3) is 0 Å². The lowest BCUT2D eigenvalue weighted by atomic mass is 10.1. The summed E-state index contributed by atoms with van der Waals surface area (Å²) in [4.78, 5) is 17.8. The molecular formula is C18H28ClIN4O. The van der Waals surface area contributed by atoms with E-state index in [1.54, 1.807) is 19.0 Å². The molecule has 0 unspecified atom stereocenters. The number of benzene rings is 1. The number of carbonyl (C=O) groups is 1. The third kappa shape index (κ3) is 7.81. The van der Waals surface area contributed by atoms with Crippen LogP contribution in [0, 0.1) is 0 Å². The molecule has 0 heterocycles. The molecule has 0 bridgehead atoms. The minimum Gasteiger partial charge on any atom is -0.356 e. The first-order chi connectivity index (χ1) is 11.6. The Morgan fingerprint density at radius 2 is 1.96 bits per heavy atom. The molecule has 1 saturated carbocycles. The Morgan fingerprint density at radius 3 is 2.60 bits per heavy atom. The minimum atomic E-state index is -0.00590. The molecule has 1 fully saturated rings. The molecule has 0 saturated heterocycles. The molecule has 2 rings (SSSR count). The fourth-order valence-corrected chi connectivity index (χ4v) is 2.95. The van der Waals surface area contributed by atoms with E-state index in [0.29, 0.717) is 12.0 Å². The maximum absolute atomic E-state index is 11.8. The summed E-state index contributed by atoms with van der Waals surface area (Å²) in [5.74, 6) is 0.706. The first kappa shape index (κ1) is 22.0. The van der Waals surface area contributed by atoms with Crippen LogP contribution in [0.3, 0.4) is 0 Å². The van der Waals surface area contributed by atoms with Crippen LogP contribution >= 0.6 is 35.6 Å². The van der Waals surface area contributed by atoms with Gasteiger partial charge >= 0.3 is 0 Å². The second-order valence-corrected chi connectivity index (χ2v) is 6.75. The summed E-state index contributed by atoms with van der Waals surface area (Å²) in [6.07, 6.45) is 5.63. The lowest BCUT2D eigenvalue weighted by Crippen LogP contribution is -2.43. The number of nitrogens with one attached hydrogen (secondary N) is 2. The average molecular weight is 479 g/mol. The van der Waals surface area contributed by atoms with Gasteiger partial charge in [0.15, 0.2) is 5.96 Å². The molecule has 5 nitrogen and oxygen atoms in total. The molecule has 0 radical (unpaired) electrons. The third-order valence-electron chi connectivity index (χ3n) is 4.21. The van der Waals surface area contributed by atoms with E-state index in [1.165, 1.54) is 12.8 Å². The molecule has 0 aliphatic heterocycles. The van der Waals surface area contributed by atoms with Gasteiger partial charge in [-0.2, -0.15) is 0 Å². The highest BCUT2D eigenvalue weighted by Crippen LogP contribution is 2.17. The summed E-state index contributed by atoms with van der Waals surface area (Å²) < 4.78 is 0. The van der Waals surface area contributed by atoms with Gasteiger partial charge in [0.1, 0.15) is 6.54 Å². The Morgan fingerprint density at radius 1 is 1.28 bits per heavy atom. The molecule has 25 heavy (non-hydrogen) atoms. The molecule has 7 heteroatoms. The van der Waals surface area contributed by atoms with Crippen molar-refractivity contribution >= 4 is 47.4 Å². The van der Waals surface area contributed by atoms with Crippen LogP contribution in [-0.4, -0.2) is 50.0 Å². The normalized spacial score (nSPS) is 14.8. The lowest BCUT2D eigenvalue weighted by Gasteiger charge is -2.18. The number of hydrogen-bond donors (Lipinski definition) is 2. The number of rotatable bonds is 6. The molecule has 1 aliphatic carbocycles. The number of likely N-dealkylation sites (N-methyl/N-ethyl adjacent to an activating group) is 1. The summed E-state index contributed by atoms with van der Waals surface area (Å²) in [6, 6.07) is 8.30. The van der Waals surface area contributed by atoms with Gasteiger partial charge in [0.2, 0.25) is 5.91 Å². The van der Waals surface area contributed by atoms with E-state index in [2.05, 4.69) is 15.6 Å². The summed E-state index contributed by atoms with van der Waals surface area (Å²) in [7, 11) is 3.49. The smallest absolute Gasteiger partial charge is 0.243 e. The van der Waals surface area contributed by atoms with E-state index < -0.39 is 0 Å². The SMILES string of the molecule is CN(C)C(=O)CN=C(NCCc1ccccc1Cl)NC1CCCC1.I. The number of halogens is 2. The highest BCUT2D eigenvalue weighted by molar-refractivity contribution is 14.0. The van der Waals surface area contributed by atoms with Crippen LogP contribution in [0.1, 0.15) is 31.2 Å². The molecule has 140 valence electrons. The number of guanidine groups is 1. The second kappa shape index (κ2) is 11.6. The molecule has 0 spiro atoms. The van der Waals surface area contributed by atoms with E-state index >= 15 is 0 Å². The molecule has 1 aliphatic rings. The van der Waals surface area contributed by atoms with E-state index in [0.717, 1.165) is 36.4 Å². The minimum absolute atomic E-state index is 0. The third-order valence-corrected chi connectivity index (χ3v) is 4.58. The number of nitrogens with zero attached hydrogens (tertiary/aromatic N) is 2. The van der Waals surface area contributed by atoms with Crippen molar-refractivity contribution in [2.75, 3.05) is 27.2 Å². The maximum Gasteiger partial charge on any atom is 0.243 e. The van der Waals surface area contributed by atoms with Gasteiger partial charge in [-0.25, -0.2) is 4.99 Å². The Balaban J connectivity index is 0.00000312. The van der Waals surface area contributed by atoms with Crippen molar-refractivity contribution in [2.24, 2.45) is 4.99 Å². The van der Waals surface area contributed by atoms with Crippen LogP contribution in [-0.2, 0) is 11.2 Å². The first-order valence-electron chi connectivity index (χ1n) is 8.54. The molecule has 1 amide bonds. The molecule has 0 aromatic heterocycles. The van der Waals surface area contributed by atoms with Crippen LogP contribution < -0.4 is 10.6 Å². The predicted molar refractivity (Wildman–Crippen MR) is 115 cm³/mol. The van der Waals surface area contributed by atoms with Crippen molar-refractivity contribution in [1.29, 1.82) is 0 Å². The first-order valence-corrected chi connectivity index (χ1v) is 8.92. The van der Waals surface area contributed by atoms with Crippen LogP contribution in [0.5, 0.6) is 0 Å².